The van der Waals surface area contributed by atoms with Gasteiger partial charge >= 0.3 is 0 Å². The van der Waals surface area contributed by atoms with Gasteiger partial charge in [-0.15, -0.1) is 0 Å². The highest BCUT2D eigenvalue weighted by molar-refractivity contribution is 14.1. The van der Waals surface area contributed by atoms with Crippen molar-refractivity contribution in [2.75, 3.05) is 9.86 Å². The van der Waals surface area contributed by atoms with Gasteiger partial charge in [-0.05, 0) is 105 Å². The topological polar surface area (TPSA) is 47.0 Å². The average Bonchev–Trinajstić information content (AvgIpc) is 3.91. The Morgan fingerprint density at radius 1 is 0.529 bits per heavy atom. The largest absolute Gasteiger partial charge is 0.440 e. The molecule has 10 aromatic rings. The van der Waals surface area contributed by atoms with E-state index in [1.165, 1.54) is 19.7 Å². The fourth-order valence-electron chi connectivity index (χ4n) is 6.07. The van der Waals surface area contributed by atoms with E-state index < -0.39 is 0 Å². The predicted molar refractivity (Wildman–Crippen MR) is 251 cm³/mol. The van der Waals surface area contributed by atoms with Gasteiger partial charge in [-0.25, -0.2) is 0 Å². The lowest BCUT2D eigenvalue weighted by molar-refractivity contribution is 0.645. The number of aromatic amines is 1. The van der Waals surface area contributed by atoms with E-state index in [0.29, 0.717) is 0 Å². The Bertz CT molecular complexity index is 2680. The van der Waals surface area contributed by atoms with Gasteiger partial charge in [-0.1, -0.05) is 150 Å². The molecule has 6 aromatic carbocycles. The van der Waals surface area contributed by atoms with Gasteiger partial charge in [0.05, 0.1) is 16.3 Å². The maximum atomic E-state index is 6.22. The number of para-hydroxylation sites is 3. The molecule has 0 amide bonds. The van der Waals surface area contributed by atoms with Crippen molar-refractivity contribution in [3.63, 3.8) is 0 Å². The molecule has 4 aromatic heterocycles. The molecule has 0 unspecified atom stereocenters. The molecule has 0 saturated heterocycles. The van der Waals surface area contributed by atoms with Crippen LogP contribution in [0.25, 0.3) is 71.6 Å². The van der Waals surface area contributed by atoms with Crippen molar-refractivity contribution in [1.82, 2.24) is 9.55 Å². The normalized spacial score (nSPS) is 10.6. The van der Waals surface area contributed by atoms with Crippen LogP contribution in [0.4, 0.5) is 0 Å². The second-order valence-electron chi connectivity index (χ2n) is 11.0. The highest BCUT2D eigenvalue weighted by Gasteiger charge is 2.19. The van der Waals surface area contributed by atoms with Gasteiger partial charge in [0, 0.05) is 45.3 Å². The first kappa shape index (κ1) is 37.9. The number of aromatic nitrogens is 2. The maximum Gasteiger partial charge on any atom is 0.213 e. The van der Waals surface area contributed by atoms with E-state index in [-0.39, 0.29) is 0 Å². The molecule has 0 atom stereocenters. The Balaban J connectivity index is 0.000000140. The predicted octanol–water partition coefficient (Wildman–Crippen LogP) is 15.5. The van der Waals surface area contributed by atoms with Gasteiger partial charge in [0.25, 0.3) is 0 Å². The molecule has 256 valence electrons. The van der Waals surface area contributed by atoms with Gasteiger partial charge < -0.3 is 13.8 Å². The zero-order chi connectivity index (χ0) is 35.9. The molecule has 0 aliphatic heterocycles. The fourth-order valence-corrected chi connectivity index (χ4v) is 7.21. The average molecular weight is 1140 g/mol. The quantitative estimate of drug-likeness (QED) is 0.132. The van der Waals surface area contributed by atoms with E-state index in [1.54, 1.807) is 0 Å². The van der Waals surface area contributed by atoms with Crippen LogP contribution in [0, 0.1) is 3.57 Å². The van der Waals surface area contributed by atoms with Gasteiger partial charge in [-0.3, -0.25) is 4.57 Å². The van der Waals surface area contributed by atoms with E-state index in [1.807, 2.05) is 70.5 Å². The Morgan fingerprint density at radius 3 is 1.69 bits per heavy atom. The molecule has 0 bridgehead atoms. The molecule has 1 N–H and O–H groups in total. The van der Waals surface area contributed by atoms with E-state index >= 15 is 0 Å². The van der Waals surface area contributed by atoms with E-state index in [0.717, 1.165) is 64.4 Å². The minimum Gasteiger partial charge on any atom is -0.440 e. The van der Waals surface area contributed by atoms with Crippen LogP contribution < -0.4 is 0 Å². The van der Waals surface area contributed by atoms with Crippen molar-refractivity contribution in [2.24, 2.45) is 0 Å². The van der Waals surface area contributed by atoms with Gasteiger partial charge in [0.2, 0.25) is 11.4 Å². The summed E-state index contributed by atoms with van der Waals surface area (Å²) in [7, 11) is 0. The first-order chi connectivity index (χ1) is 25.0. The lowest BCUT2D eigenvalue weighted by Gasteiger charge is -2.05. The lowest BCUT2D eigenvalue weighted by Crippen LogP contribution is -1.91. The number of rotatable bonds is 1. The number of H-pyrrole nitrogens is 1. The summed E-state index contributed by atoms with van der Waals surface area (Å²) < 4.78 is 17.6. The van der Waals surface area contributed by atoms with Crippen LogP contribution in [0.5, 0.6) is 0 Å². The number of hydrogen-bond acceptors (Lipinski definition) is 2. The highest BCUT2D eigenvalue weighted by Crippen LogP contribution is 2.40. The molecule has 9 heteroatoms. The van der Waals surface area contributed by atoms with Gasteiger partial charge in [-0.2, -0.15) is 0 Å². The molecule has 0 aliphatic rings. The summed E-state index contributed by atoms with van der Waals surface area (Å²) in [4.78, 5) is 7.24. The zero-order valence-electron chi connectivity index (χ0n) is 27.5. The molecule has 10 rings (SSSR count). The van der Waals surface area contributed by atoms with Crippen molar-refractivity contribution in [2.45, 2.75) is 0 Å². The van der Waals surface area contributed by atoms with Crippen LogP contribution in [0.2, 0.25) is 0 Å². The molecule has 4 nitrogen and oxygen atoms in total. The van der Waals surface area contributed by atoms with E-state index in [2.05, 4.69) is 194 Å². The molecule has 0 aliphatic carbocycles. The Labute approximate surface area is 353 Å². The molecule has 0 spiro atoms. The molecular formula is C42H31Br2I3N2O2. The summed E-state index contributed by atoms with van der Waals surface area (Å²) >= 11 is 13.7. The third-order valence-corrected chi connectivity index (χ3v) is 9.80. The van der Waals surface area contributed by atoms with Crippen molar-refractivity contribution < 1.29 is 8.83 Å². The molecule has 51 heavy (non-hydrogen) atoms. The number of furan rings is 2. The Hall–Kier alpha value is -2.85. The summed E-state index contributed by atoms with van der Waals surface area (Å²) in [5.41, 5.74) is 6.95. The van der Waals surface area contributed by atoms with Crippen molar-refractivity contribution in [3.05, 3.63) is 158 Å². The van der Waals surface area contributed by atoms with Crippen LogP contribution in [0.15, 0.2) is 163 Å². The van der Waals surface area contributed by atoms with Crippen LogP contribution in [-0.4, -0.2) is 19.4 Å². The third kappa shape index (κ3) is 8.07. The molecular weight excluding hydrogens is 1100 g/mol. The second kappa shape index (κ2) is 17.8. The van der Waals surface area contributed by atoms with Crippen LogP contribution in [0.1, 0.15) is 0 Å². The standard InChI is InChI=1S/C20H12BrNO.C14H8BrNO.C6H5I.2CH3I/c21-13-10-11-18-16(12-13)19-15-8-4-5-9-17(15)22(20(19)23-18)14-6-2-1-3-7-14;15-8-5-6-12-10(7-8)13-9-3-1-2-4-11(9)16-14(13)17-12;7-6-4-2-1-3-5-6;2*1-2/h1-12H;1-7,16H;1-5H;2*1H3. The van der Waals surface area contributed by atoms with Gasteiger partial charge in [0.15, 0.2) is 0 Å². The minimum absolute atomic E-state index is 0.847. The number of hydrogen-bond donors (Lipinski definition) is 1. The number of alkyl halides is 2. The number of nitrogens with one attached hydrogen (secondary N) is 1. The van der Waals surface area contributed by atoms with Crippen molar-refractivity contribution in [3.8, 4) is 5.69 Å². The first-order valence-corrected chi connectivity index (χ1v) is 22.7. The summed E-state index contributed by atoms with van der Waals surface area (Å²) in [5, 5.41) is 7.03. The van der Waals surface area contributed by atoms with E-state index in [9.17, 15) is 0 Å². The third-order valence-electron chi connectivity index (χ3n) is 8.09. The highest BCUT2D eigenvalue weighted by atomic mass is 127. The molecule has 4 heterocycles. The van der Waals surface area contributed by atoms with Crippen LogP contribution >= 0.6 is 99.6 Å². The van der Waals surface area contributed by atoms with Gasteiger partial charge in [0.1, 0.15) is 11.2 Å². The smallest absolute Gasteiger partial charge is 0.213 e. The number of nitrogens with zero attached hydrogens (tertiary/aromatic N) is 1. The molecule has 0 radical (unpaired) electrons. The monoisotopic (exact) mass is 1130 g/mol. The van der Waals surface area contributed by atoms with Crippen LogP contribution in [-0.2, 0) is 0 Å². The maximum absolute atomic E-state index is 6.22. The van der Waals surface area contributed by atoms with Crippen molar-refractivity contribution in [1.29, 1.82) is 0 Å². The minimum atomic E-state index is 0.847. The van der Waals surface area contributed by atoms with Crippen LogP contribution in [0.3, 0.4) is 0 Å². The summed E-state index contributed by atoms with van der Waals surface area (Å²) in [5.74, 6) is 0. The SMILES string of the molecule is Brc1ccc2oc3[nH]c4ccccc4c3c2c1.Brc1ccc2oc3c(c2c1)c1ccccc1n3-c1ccccc1.CI.CI.Ic1ccccc1. The summed E-state index contributed by atoms with van der Waals surface area (Å²) in [6.45, 7) is 0. The summed E-state index contributed by atoms with van der Waals surface area (Å²) in [6.07, 6.45) is 0. The lowest BCUT2D eigenvalue weighted by atomic mass is 10.1. The number of fused-ring (bicyclic) bond motifs is 10. The second-order valence-corrected chi connectivity index (χ2v) is 14.1. The van der Waals surface area contributed by atoms with E-state index in [4.69, 9.17) is 8.83 Å². The number of benzene rings is 6. The Kier molecular flexibility index (Phi) is 13.2. The number of halogens is 5. The van der Waals surface area contributed by atoms with Crippen molar-refractivity contribution >= 4 is 166 Å². The fraction of sp³-hybridized carbons (Fsp3) is 0.0476. The molecule has 0 fully saturated rings. The first-order valence-electron chi connectivity index (χ1n) is 15.8. The molecule has 0 saturated carbocycles. The Morgan fingerprint density at radius 2 is 1.06 bits per heavy atom. The summed E-state index contributed by atoms with van der Waals surface area (Å²) in [6, 6.07) is 49.5. The zero-order valence-corrected chi connectivity index (χ0v) is 37.2.